The summed E-state index contributed by atoms with van der Waals surface area (Å²) < 4.78 is 0. The molecule has 0 radical (unpaired) electrons. The van der Waals surface area contributed by atoms with Crippen LogP contribution >= 0.6 is 15.9 Å². The first-order chi connectivity index (χ1) is 3.18. The number of halogens is 1. The predicted octanol–water partition coefficient (Wildman–Crippen LogP) is -0.241. The highest BCUT2D eigenvalue weighted by Gasteiger charge is 2.05. The molecule has 38 valence electrons. The van der Waals surface area contributed by atoms with Gasteiger partial charge in [0.1, 0.15) is 0 Å². The fourth-order valence-electron chi connectivity index (χ4n) is 0.0636. The highest BCUT2D eigenvalue weighted by Crippen LogP contribution is 1.92. The number of nitrogens with zero attached hydrogens (tertiary/aromatic N) is 1. The number of rotatable bonds is 1. The van der Waals surface area contributed by atoms with E-state index in [9.17, 15) is 4.79 Å². The van der Waals surface area contributed by atoms with Crippen LogP contribution in [0.1, 0.15) is 0 Å². The molecule has 0 saturated heterocycles. The molecular formula is C3H3BrN2O. The Balaban J connectivity index is 3.63. The van der Waals surface area contributed by atoms with Gasteiger partial charge in [-0.15, -0.1) is 0 Å². The summed E-state index contributed by atoms with van der Waals surface area (Å²) in [4.78, 5) is 9.04. The molecule has 0 aliphatic rings. The van der Waals surface area contributed by atoms with E-state index in [0.717, 1.165) is 0 Å². The summed E-state index contributed by atoms with van der Waals surface area (Å²) in [6.45, 7) is 0. The van der Waals surface area contributed by atoms with E-state index in [2.05, 4.69) is 21.7 Å². The van der Waals surface area contributed by atoms with Gasteiger partial charge in [-0.2, -0.15) is 5.26 Å². The van der Waals surface area contributed by atoms with Gasteiger partial charge in [0, 0.05) is 0 Å². The number of nitriles is 1. The van der Waals surface area contributed by atoms with Gasteiger partial charge < -0.3 is 5.73 Å². The molecule has 0 saturated carbocycles. The monoisotopic (exact) mass is 162 g/mol. The van der Waals surface area contributed by atoms with Gasteiger partial charge in [-0.25, -0.2) is 0 Å². The average molecular weight is 163 g/mol. The van der Waals surface area contributed by atoms with Crippen molar-refractivity contribution in [3.05, 3.63) is 0 Å². The number of hydrogen-bond donors (Lipinski definition) is 1. The molecule has 3 nitrogen and oxygen atoms in total. The third kappa shape index (κ3) is 2.18. The zero-order chi connectivity index (χ0) is 5.86. The van der Waals surface area contributed by atoms with Crippen LogP contribution in [0, 0.1) is 11.3 Å². The maximum Gasteiger partial charge on any atom is 0.245 e. The second-order valence-corrected chi connectivity index (χ2v) is 1.81. The molecule has 0 bridgehead atoms. The van der Waals surface area contributed by atoms with Crippen molar-refractivity contribution in [1.29, 1.82) is 5.26 Å². The Kier molecular flexibility index (Phi) is 2.38. The van der Waals surface area contributed by atoms with E-state index in [1.54, 1.807) is 6.07 Å². The maximum atomic E-state index is 9.88. The summed E-state index contributed by atoms with van der Waals surface area (Å²) in [6.07, 6.45) is 0. The molecule has 2 N–H and O–H groups in total. The van der Waals surface area contributed by atoms with Gasteiger partial charge in [-0.1, -0.05) is 15.9 Å². The van der Waals surface area contributed by atoms with Gasteiger partial charge in [0.15, 0.2) is 4.83 Å². The van der Waals surface area contributed by atoms with E-state index >= 15 is 0 Å². The second-order valence-electron chi connectivity index (χ2n) is 0.894. The van der Waals surface area contributed by atoms with Crippen LogP contribution in [-0.4, -0.2) is 10.7 Å². The van der Waals surface area contributed by atoms with Crippen LogP contribution in [0.5, 0.6) is 0 Å². The molecule has 0 fully saturated rings. The molecule has 0 spiro atoms. The van der Waals surface area contributed by atoms with Crippen molar-refractivity contribution in [3.63, 3.8) is 0 Å². The second kappa shape index (κ2) is 2.59. The fourth-order valence-corrected chi connectivity index (χ4v) is 0.0636. The van der Waals surface area contributed by atoms with Crippen LogP contribution in [0.2, 0.25) is 0 Å². The van der Waals surface area contributed by atoms with Crippen LogP contribution in [0.3, 0.4) is 0 Å². The summed E-state index contributed by atoms with van der Waals surface area (Å²) in [5.74, 6) is -0.650. The first-order valence-electron chi connectivity index (χ1n) is 1.51. The van der Waals surface area contributed by atoms with Gasteiger partial charge in [-0.3, -0.25) is 4.79 Å². The number of primary amides is 1. The lowest BCUT2D eigenvalue weighted by atomic mass is 10.5. The number of carbonyl (C=O) groups is 1. The molecule has 0 aromatic rings. The van der Waals surface area contributed by atoms with Crippen LogP contribution in [0.4, 0.5) is 0 Å². The summed E-state index contributed by atoms with van der Waals surface area (Å²) in [5.41, 5.74) is 4.64. The highest BCUT2D eigenvalue weighted by molar-refractivity contribution is 9.10. The third-order valence-corrected chi connectivity index (χ3v) is 1.02. The van der Waals surface area contributed by atoms with Gasteiger partial charge in [0.25, 0.3) is 0 Å². The lowest BCUT2D eigenvalue weighted by molar-refractivity contribution is -0.116. The lowest BCUT2D eigenvalue weighted by Gasteiger charge is -1.85. The Morgan fingerprint density at radius 2 is 2.43 bits per heavy atom. The summed E-state index contributed by atoms with van der Waals surface area (Å²) in [6, 6.07) is 1.61. The van der Waals surface area contributed by atoms with E-state index in [1.165, 1.54) is 0 Å². The van der Waals surface area contributed by atoms with Gasteiger partial charge in [0.2, 0.25) is 5.91 Å². The van der Waals surface area contributed by atoms with E-state index in [4.69, 9.17) is 5.26 Å². The van der Waals surface area contributed by atoms with Crippen LogP contribution in [0.25, 0.3) is 0 Å². The predicted molar refractivity (Wildman–Crippen MR) is 27.5 cm³/mol. The van der Waals surface area contributed by atoms with E-state index in [-0.39, 0.29) is 0 Å². The zero-order valence-corrected chi connectivity index (χ0v) is 4.97. The molecule has 1 atom stereocenters. The number of carbonyl (C=O) groups excluding carboxylic acids is 1. The van der Waals surface area contributed by atoms with E-state index in [1.807, 2.05) is 0 Å². The summed E-state index contributed by atoms with van der Waals surface area (Å²) in [5, 5.41) is 7.91. The number of amides is 1. The SMILES string of the molecule is N#C[C@H](Br)C(N)=O. The molecular weight excluding hydrogens is 160 g/mol. The molecule has 0 aliphatic heterocycles. The smallest absolute Gasteiger partial charge is 0.245 e. The van der Waals surface area contributed by atoms with Crippen LogP contribution < -0.4 is 5.73 Å². The maximum absolute atomic E-state index is 9.88. The van der Waals surface area contributed by atoms with Gasteiger partial charge >= 0.3 is 0 Å². The quantitative estimate of drug-likeness (QED) is 0.542. The normalized spacial score (nSPS) is 12.0. The van der Waals surface area contributed by atoms with Gasteiger partial charge in [0.05, 0.1) is 6.07 Å². The molecule has 4 heteroatoms. The lowest BCUT2D eigenvalue weighted by Crippen LogP contribution is -2.21. The Labute approximate surface area is 49.2 Å². The van der Waals surface area contributed by atoms with Crippen molar-refractivity contribution < 1.29 is 4.79 Å². The van der Waals surface area contributed by atoms with Crippen molar-refractivity contribution in [2.75, 3.05) is 0 Å². The Bertz CT molecular complexity index is 117. The zero-order valence-electron chi connectivity index (χ0n) is 3.39. The van der Waals surface area contributed by atoms with Gasteiger partial charge in [-0.05, 0) is 0 Å². The van der Waals surface area contributed by atoms with Crippen molar-refractivity contribution >= 4 is 21.8 Å². The molecule has 0 aromatic heterocycles. The Morgan fingerprint density at radius 1 is 2.00 bits per heavy atom. The summed E-state index contributed by atoms with van der Waals surface area (Å²) in [7, 11) is 0. The van der Waals surface area contributed by atoms with Crippen molar-refractivity contribution in [2.24, 2.45) is 5.73 Å². The Hall–Kier alpha value is -0.560. The van der Waals surface area contributed by atoms with Crippen molar-refractivity contribution in [3.8, 4) is 6.07 Å². The minimum absolute atomic E-state index is 0.650. The summed E-state index contributed by atoms with van der Waals surface area (Å²) >= 11 is 2.71. The first kappa shape index (κ1) is 6.44. The Morgan fingerprint density at radius 3 is 2.43 bits per heavy atom. The molecule has 0 rings (SSSR count). The van der Waals surface area contributed by atoms with Crippen LogP contribution in [-0.2, 0) is 4.79 Å². The molecule has 1 amide bonds. The largest absolute Gasteiger partial charge is 0.368 e. The van der Waals surface area contributed by atoms with Crippen molar-refractivity contribution in [2.45, 2.75) is 4.83 Å². The molecule has 0 aliphatic carbocycles. The topological polar surface area (TPSA) is 66.9 Å². The molecule has 0 heterocycles. The van der Waals surface area contributed by atoms with Crippen molar-refractivity contribution in [1.82, 2.24) is 0 Å². The average Bonchev–Trinajstić information content (AvgIpc) is 1.65. The molecule has 7 heavy (non-hydrogen) atoms. The van der Waals surface area contributed by atoms with E-state index in [0.29, 0.717) is 0 Å². The fraction of sp³-hybridized carbons (Fsp3) is 0.333. The molecule has 0 unspecified atom stereocenters. The number of hydrogen-bond acceptors (Lipinski definition) is 2. The minimum Gasteiger partial charge on any atom is -0.368 e. The minimum atomic E-state index is -0.840. The van der Waals surface area contributed by atoms with E-state index < -0.39 is 10.7 Å². The van der Waals surface area contributed by atoms with Crippen LogP contribution in [0.15, 0.2) is 0 Å². The first-order valence-corrected chi connectivity index (χ1v) is 2.43. The third-order valence-electron chi connectivity index (χ3n) is 0.363. The number of nitrogens with two attached hydrogens (primary N) is 1. The highest BCUT2D eigenvalue weighted by atomic mass is 79.9. The number of alkyl halides is 1. The standard InChI is InChI=1S/C3H3BrN2O/c4-2(1-5)3(6)7/h2H,(H2,6,7)/t2-/m0/s1. The molecule has 0 aromatic carbocycles.